The third kappa shape index (κ3) is 4.94. The number of benzene rings is 3. The SMILES string of the molecule is C[C@@H](NC(=O)[C@H]1CCN(c2cccc(OCc3ccccc3)c2)C1=O)c1ccccc1. The van der Waals surface area contributed by atoms with Gasteiger partial charge in [0.15, 0.2) is 0 Å². The lowest BCUT2D eigenvalue weighted by molar-refractivity contribution is -0.132. The summed E-state index contributed by atoms with van der Waals surface area (Å²) >= 11 is 0. The molecule has 0 unspecified atom stereocenters. The molecule has 2 amide bonds. The topological polar surface area (TPSA) is 58.6 Å². The highest BCUT2D eigenvalue weighted by atomic mass is 16.5. The van der Waals surface area contributed by atoms with Crippen molar-refractivity contribution in [1.29, 1.82) is 0 Å². The maximum atomic E-state index is 13.0. The van der Waals surface area contributed by atoms with E-state index in [0.717, 1.165) is 16.8 Å². The Kier molecular flexibility index (Phi) is 6.32. The molecule has 3 aromatic carbocycles. The number of carbonyl (C=O) groups is 2. The van der Waals surface area contributed by atoms with E-state index in [1.165, 1.54) is 0 Å². The first-order chi connectivity index (χ1) is 15.1. The van der Waals surface area contributed by atoms with Crippen LogP contribution in [0.4, 0.5) is 5.69 Å². The highest BCUT2D eigenvalue weighted by Gasteiger charge is 2.38. The number of hydrogen-bond acceptors (Lipinski definition) is 3. The summed E-state index contributed by atoms with van der Waals surface area (Å²) in [5.74, 6) is -0.363. The van der Waals surface area contributed by atoms with Crippen LogP contribution in [0.3, 0.4) is 0 Å². The third-order valence-corrected chi connectivity index (χ3v) is 5.56. The molecule has 0 aromatic heterocycles. The van der Waals surface area contributed by atoms with Gasteiger partial charge < -0.3 is 15.0 Å². The standard InChI is InChI=1S/C26H26N2O3/c1-19(21-11-6-3-7-12-21)27-25(29)24-15-16-28(26(24)30)22-13-8-14-23(17-22)31-18-20-9-4-2-5-10-20/h2-14,17,19,24H,15-16,18H2,1H3,(H,27,29)/t19-,24-/m1/s1. The lowest BCUT2D eigenvalue weighted by Crippen LogP contribution is -2.38. The molecular weight excluding hydrogens is 388 g/mol. The quantitative estimate of drug-likeness (QED) is 0.579. The van der Waals surface area contributed by atoms with Crippen molar-refractivity contribution in [2.24, 2.45) is 5.92 Å². The average molecular weight is 415 g/mol. The Morgan fingerprint density at radius 3 is 2.48 bits per heavy atom. The summed E-state index contributed by atoms with van der Waals surface area (Å²) in [6.07, 6.45) is 0.501. The zero-order valence-corrected chi connectivity index (χ0v) is 17.5. The monoisotopic (exact) mass is 414 g/mol. The Morgan fingerprint density at radius 2 is 1.74 bits per heavy atom. The number of anilines is 1. The van der Waals surface area contributed by atoms with Gasteiger partial charge in [0, 0.05) is 18.3 Å². The number of nitrogens with zero attached hydrogens (tertiary/aromatic N) is 1. The molecule has 4 rings (SSSR count). The number of amides is 2. The molecule has 1 fully saturated rings. The second-order valence-electron chi connectivity index (χ2n) is 7.74. The van der Waals surface area contributed by atoms with E-state index >= 15 is 0 Å². The van der Waals surface area contributed by atoms with E-state index in [0.29, 0.717) is 25.3 Å². The molecule has 1 N–H and O–H groups in total. The van der Waals surface area contributed by atoms with E-state index in [9.17, 15) is 9.59 Å². The van der Waals surface area contributed by atoms with Crippen LogP contribution in [0.15, 0.2) is 84.9 Å². The van der Waals surface area contributed by atoms with Crippen molar-refractivity contribution in [2.75, 3.05) is 11.4 Å². The molecule has 5 heteroatoms. The van der Waals surface area contributed by atoms with Crippen LogP contribution in [0.1, 0.15) is 30.5 Å². The molecule has 1 saturated heterocycles. The first-order valence-corrected chi connectivity index (χ1v) is 10.6. The van der Waals surface area contributed by atoms with Crippen LogP contribution >= 0.6 is 0 Å². The van der Waals surface area contributed by atoms with Crippen LogP contribution in [0, 0.1) is 5.92 Å². The number of carbonyl (C=O) groups excluding carboxylic acids is 2. The predicted molar refractivity (Wildman–Crippen MR) is 121 cm³/mol. The maximum absolute atomic E-state index is 13.0. The van der Waals surface area contributed by atoms with Gasteiger partial charge in [0.05, 0.1) is 6.04 Å². The molecule has 0 radical (unpaired) electrons. The van der Waals surface area contributed by atoms with Gasteiger partial charge >= 0.3 is 0 Å². The lowest BCUT2D eigenvalue weighted by Gasteiger charge is -2.19. The highest BCUT2D eigenvalue weighted by Crippen LogP contribution is 2.29. The van der Waals surface area contributed by atoms with Crippen LogP contribution in [0.5, 0.6) is 5.75 Å². The molecule has 1 heterocycles. The van der Waals surface area contributed by atoms with Crippen molar-refractivity contribution in [1.82, 2.24) is 5.32 Å². The van der Waals surface area contributed by atoms with Gasteiger partial charge in [0.1, 0.15) is 18.3 Å². The first kappa shape index (κ1) is 20.7. The molecule has 1 aliphatic rings. The van der Waals surface area contributed by atoms with Gasteiger partial charge in [0.25, 0.3) is 0 Å². The van der Waals surface area contributed by atoms with Crippen LogP contribution in [0.25, 0.3) is 0 Å². The largest absolute Gasteiger partial charge is 0.489 e. The second kappa shape index (κ2) is 9.47. The molecule has 31 heavy (non-hydrogen) atoms. The summed E-state index contributed by atoms with van der Waals surface area (Å²) in [7, 11) is 0. The summed E-state index contributed by atoms with van der Waals surface area (Å²) < 4.78 is 5.89. The number of ether oxygens (including phenoxy) is 1. The van der Waals surface area contributed by atoms with Crippen LogP contribution in [-0.2, 0) is 16.2 Å². The van der Waals surface area contributed by atoms with E-state index in [4.69, 9.17) is 4.74 Å². The fourth-order valence-electron chi connectivity index (χ4n) is 3.80. The van der Waals surface area contributed by atoms with Crippen molar-refractivity contribution in [3.63, 3.8) is 0 Å². The van der Waals surface area contributed by atoms with Gasteiger partial charge in [-0.25, -0.2) is 0 Å². The van der Waals surface area contributed by atoms with E-state index in [2.05, 4.69) is 5.32 Å². The minimum absolute atomic E-state index is 0.148. The van der Waals surface area contributed by atoms with Gasteiger partial charge in [0.2, 0.25) is 11.8 Å². The Hall–Kier alpha value is -3.60. The summed E-state index contributed by atoms with van der Waals surface area (Å²) in [5, 5.41) is 2.98. The third-order valence-electron chi connectivity index (χ3n) is 5.56. The number of hydrogen-bond donors (Lipinski definition) is 1. The summed E-state index contributed by atoms with van der Waals surface area (Å²) in [5.41, 5.74) is 2.85. The van der Waals surface area contributed by atoms with Gasteiger partial charge in [-0.15, -0.1) is 0 Å². The highest BCUT2D eigenvalue weighted by molar-refractivity contribution is 6.09. The van der Waals surface area contributed by atoms with Gasteiger partial charge in [-0.3, -0.25) is 9.59 Å². The molecule has 3 aromatic rings. The molecule has 0 aliphatic carbocycles. The fourth-order valence-corrected chi connectivity index (χ4v) is 3.80. The van der Waals surface area contributed by atoms with Gasteiger partial charge in [-0.1, -0.05) is 66.7 Å². The molecule has 0 saturated carbocycles. The van der Waals surface area contributed by atoms with Gasteiger partial charge in [-0.2, -0.15) is 0 Å². The van der Waals surface area contributed by atoms with Crippen LogP contribution < -0.4 is 15.0 Å². The van der Waals surface area contributed by atoms with E-state index in [1.54, 1.807) is 4.90 Å². The Labute approximate surface area is 182 Å². The summed E-state index contributed by atoms with van der Waals surface area (Å²) in [4.78, 5) is 27.4. The summed E-state index contributed by atoms with van der Waals surface area (Å²) in [6.45, 7) is 2.90. The smallest absolute Gasteiger partial charge is 0.239 e. The average Bonchev–Trinajstić information content (AvgIpc) is 3.20. The van der Waals surface area contributed by atoms with Gasteiger partial charge in [-0.05, 0) is 36.6 Å². The normalized spacial score (nSPS) is 16.7. The minimum atomic E-state index is -0.667. The molecule has 0 bridgehead atoms. The Bertz CT molecular complexity index is 1040. The first-order valence-electron chi connectivity index (χ1n) is 10.6. The van der Waals surface area contributed by atoms with Crippen LogP contribution in [0.2, 0.25) is 0 Å². The van der Waals surface area contributed by atoms with Crippen molar-refractivity contribution in [2.45, 2.75) is 26.0 Å². The molecule has 5 nitrogen and oxygen atoms in total. The number of rotatable bonds is 7. The fraction of sp³-hybridized carbons (Fsp3) is 0.231. The maximum Gasteiger partial charge on any atom is 0.239 e. The van der Waals surface area contributed by atoms with Crippen molar-refractivity contribution >= 4 is 17.5 Å². The van der Waals surface area contributed by atoms with E-state index in [1.807, 2.05) is 91.9 Å². The Morgan fingerprint density at radius 1 is 1.03 bits per heavy atom. The second-order valence-corrected chi connectivity index (χ2v) is 7.74. The molecule has 0 spiro atoms. The molecule has 2 atom stereocenters. The Balaban J connectivity index is 1.39. The zero-order chi connectivity index (χ0) is 21.6. The zero-order valence-electron chi connectivity index (χ0n) is 17.5. The van der Waals surface area contributed by atoms with Crippen LogP contribution in [-0.4, -0.2) is 18.4 Å². The minimum Gasteiger partial charge on any atom is -0.489 e. The molecule has 158 valence electrons. The predicted octanol–water partition coefficient (Wildman–Crippen LogP) is 4.50. The lowest BCUT2D eigenvalue weighted by atomic mass is 10.0. The number of nitrogens with one attached hydrogen (secondary N) is 1. The van der Waals surface area contributed by atoms with Crippen molar-refractivity contribution < 1.29 is 14.3 Å². The van der Waals surface area contributed by atoms with E-state index in [-0.39, 0.29) is 17.9 Å². The van der Waals surface area contributed by atoms with Crippen molar-refractivity contribution in [3.8, 4) is 5.75 Å². The van der Waals surface area contributed by atoms with E-state index < -0.39 is 5.92 Å². The molecule has 1 aliphatic heterocycles. The summed E-state index contributed by atoms with van der Waals surface area (Å²) in [6, 6.07) is 27.0. The van der Waals surface area contributed by atoms with Crippen molar-refractivity contribution in [3.05, 3.63) is 96.1 Å². The molecular formula is C26H26N2O3.